The highest BCUT2D eigenvalue weighted by atomic mass is 79.9. The maximum atomic E-state index is 13.7. The third-order valence-corrected chi connectivity index (χ3v) is 3.81. The molecule has 0 atom stereocenters. The minimum absolute atomic E-state index is 0.0764. The van der Waals surface area contributed by atoms with Crippen molar-refractivity contribution in [3.05, 3.63) is 57.0 Å². The van der Waals surface area contributed by atoms with Gasteiger partial charge in [0.05, 0.1) is 11.2 Å². The van der Waals surface area contributed by atoms with Crippen LogP contribution in [0.2, 0.25) is 0 Å². The molecule has 1 aromatic heterocycles. The second-order valence-corrected chi connectivity index (χ2v) is 5.38. The second kappa shape index (κ2) is 4.75. The van der Waals surface area contributed by atoms with Crippen molar-refractivity contribution in [3.63, 3.8) is 0 Å². The van der Waals surface area contributed by atoms with Crippen LogP contribution in [0.4, 0.5) is 13.2 Å². The van der Waals surface area contributed by atoms with Gasteiger partial charge in [0.25, 0.3) is 0 Å². The van der Waals surface area contributed by atoms with E-state index in [0.29, 0.717) is 10.2 Å². The van der Waals surface area contributed by atoms with Gasteiger partial charge < -0.3 is 4.98 Å². The van der Waals surface area contributed by atoms with Crippen molar-refractivity contribution >= 4 is 39.2 Å². The number of halogens is 4. The zero-order valence-electron chi connectivity index (χ0n) is 9.75. The number of hydrogen-bond acceptors (Lipinski definition) is 1. The van der Waals surface area contributed by atoms with E-state index in [9.17, 15) is 13.2 Å². The Labute approximate surface area is 125 Å². The molecule has 1 heterocycles. The van der Waals surface area contributed by atoms with Gasteiger partial charge in [0.1, 0.15) is 17.2 Å². The van der Waals surface area contributed by atoms with Gasteiger partial charge in [-0.1, -0.05) is 0 Å². The monoisotopic (exact) mass is 358 g/mol. The molecule has 0 amide bonds. The van der Waals surface area contributed by atoms with E-state index in [-0.39, 0.29) is 15.8 Å². The van der Waals surface area contributed by atoms with Crippen LogP contribution in [0.15, 0.2) is 34.8 Å². The summed E-state index contributed by atoms with van der Waals surface area (Å²) in [5.41, 5.74) is 0.651. The quantitative estimate of drug-likeness (QED) is 0.615. The molecule has 0 radical (unpaired) electrons. The van der Waals surface area contributed by atoms with Crippen LogP contribution in [0.5, 0.6) is 0 Å². The number of nitrogens with one attached hydrogen (secondary N) is 1. The Morgan fingerprint density at radius 2 is 1.80 bits per heavy atom. The fourth-order valence-electron chi connectivity index (χ4n) is 2.03. The first-order valence-corrected chi connectivity index (χ1v) is 6.72. The Balaban J connectivity index is 2.45. The van der Waals surface area contributed by atoms with Crippen LogP contribution in [0.1, 0.15) is 0 Å². The van der Waals surface area contributed by atoms with Crippen LogP contribution in [-0.2, 0) is 0 Å². The van der Waals surface area contributed by atoms with Gasteiger partial charge in [-0.15, -0.1) is 0 Å². The molecule has 0 aliphatic carbocycles. The Morgan fingerprint density at radius 3 is 2.55 bits per heavy atom. The van der Waals surface area contributed by atoms with E-state index in [0.717, 1.165) is 12.1 Å². The standard InChI is InChI=1S/C13H6BrF3N2S/c14-8-2-1-6(15)4-10(8)19-11-5-7(16)3-9(17)12(11)18-13(19)20/h1-5H,(H,18,20). The number of H-pyrrole nitrogens is 1. The fourth-order valence-corrected chi connectivity index (χ4v) is 2.75. The molecule has 0 saturated heterocycles. The molecule has 7 heteroatoms. The lowest BCUT2D eigenvalue weighted by molar-refractivity contribution is 0.590. The molecule has 20 heavy (non-hydrogen) atoms. The van der Waals surface area contributed by atoms with Crippen molar-refractivity contribution in [2.45, 2.75) is 0 Å². The summed E-state index contributed by atoms with van der Waals surface area (Å²) >= 11 is 8.39. The smallest absolute Gasteiger partial charge is 0.182 e. The summed E-state index contributed by atoms with van der Waals surface area (Å²) in [7, 11) is 0. The molecule has 102 valence electrons. The molecule has 0 saturated carbocycles. The summed E-state index contributed by atoms with van der Waals surface area (Å²) < 4.78 is 42.6. The van der Waals surface area contributed by atoms with Gasteiger partial charge in [-0.25, -0.2) is 13.2 Å². The van der Waals surface area contributed by atoms with Gasteiger partial charge in [-0.2, -0.15) is 0 Å². The number of fused-ring (bicyclic) bond motifs is 1. The average Bonchev–Trinajstić information content (AvgIpc) is 2.69. The Hall–Kier alpha value is -1.60. The third kappa shape index (κ3) is 2.06. The number of aromatic amines is 1. The molecule has 2 aromatic carbocycles. The largest absolute Gasteiger partial charge is 0.328 e. The van der Waals surface area contributed by atoms with E-state index in [2.05, 4.69) is 20.9 Å². The van der Waals surface area contributed by atoms with E-state index in [4.69, 9.17) is 12.2 Å². The van der Waals surface area contributed by atoms with E-state index in [1.165, 1.54) is 22.8 Å². The van der Waals surface area contributed by atoms with Crippen LogP contribution < -0.4 is 0 Å². The number of nitrogens with zero attached hydrogens (tertiary/aromatic N) is 1. The lowest BCUT2D eigenvalue weighted by Crippen LogP contribution is -1.97. The molecule has 2 nitrogen and oxygen atoms in total. The molecule has 0 spiro atoms. The average molecular weight is 359 g/mol. The molecular formula is C13H6BrF3N2S. The maximum Gasteiger partial charge on any atom is 0.182 e. The van der Waals surface area contributed by atoms with Crippen molar-refractivity contribution in [2.75, 3.05) is 0 Å². The summed E-state index contributed by atoms with van der Waals surface area (Å²) in [6.07, 6.45) is 0. The number of benzene rings is 2. The molecule has 0 aliphatic heterocycles. The Bertz CT molecular complexity index is 885. The molecule has 1 N–H and O–H groups in total. The summed E-state index contributed by atoms with van der Waals surface area (Å²) in [5, 5.41) is 0. The number of aromatic nitrogens is 2. The van der Waals surface area contributed by atoms with Crippen LogP contribution in [-0.4, -0.2) is 9.55 Å². The number of rotatable bonds is 1. The van der Waals surface area contributed by atoms with Crippen LogP contribution in [0, 0.1) is 22.2 Å². The van der Waals surface area contributed by atoms with Crippen molar-refractivity contribution in [1.82, 2.24) is 9.55 Å². The first-order chi connectivity index (χ1) is 9.47. The van der Waals surface area contributed by atoms with Crippen molar-refractivity contribution in [1.29, 1.82) is 0 Å². The van der Waals surface area contributed by atoms with Gasteiger partial charge >= 0.3 is 0 Å². The highest BCUT2D eigenvalue weighted by Crippen LogP contribution is 2.28. The van der Waals surface area contributed by atoms with Crippen LogP contribution in [0.3, 0.4) is 0 Å². The third-order valence-electron chi connectivity index (χ3n) is 2.86. The Morgan fingerprint density at radius 1 is 1.05 bits per heavy atom. The molecule has 0 fully saturated rings. The van der Waals surface area contributed by atoms with Crippen molar-refractivity contribution < 1.29 is 13.2 Å². The summed E-state index contributed by atoms with van der Waals surface area (Å²) in [4.78, 5) is 2.66. The van der Waals surface area contributed by atoms with E-state index >= 15 is 0 Å². The zero-order chi connectivity index (χ0) is 14.4. The Kier molecular flexibility index (Phi) is 3.18. The first-order valence-electron chi connectivity index (χ1n) is 5.52. The molecule has 0 unspecified atom stereocenters. The summed E-state index contributed by atoms with van der Waals surface area (Å²) in [5.74, 6) is -1.96. The molecule has 3 aromatic rings. The topological polar surface area (TPSA) is 20.7 Å². The highest BCUT2D eigenvalue weighted by molar-refractivity contribution is 9.10. The first kappa shape index (κ1) is 13.4. The summed E-state index contributed by atoms with van der Waals surface area (Å²) in [6, 6.07) is 5.91. The lowest BCUT2D eigenvalue weighted by atomic mass is 10.2. The molecule has 0 bridgehead atoms. The van der Waals surface area contributed by atoms with Gasteiger partial charge in [0.15, 0.2) is 10.6 Å². The molecular weight excluding hydrogens is 353 g/mol. The molecule has 3 rings (SSSR count). The zero-order valence-corrected chi connectivity index (χ0v) is 12.2. The fraction of sp³-hybridized carbons (Fsp3) is 0. The van der Waals surface area contributed by atoms with E-state index in [1.807, 2.05) is 0 Å². The van der Waals surface area contributed by atoms with Crippen LogP contribution in [0.25, 0.3) is 16.7 Å². The van der Waals surface area contributed by atoms with E-state index in [1.54, 1.807) is 0 Å². The SMILES string of the molecule is Fc1ccc(Br)c(-n2c(=S)[nH]c3c(F)cc(F)cc32)c1. The lowest BCUT2D eigenvalue weighted by Gasteiger charge is -2.07. The minimum Gasteiger partial charge on any atom is -0.328 e. The predicted molar refractivity (Wildman–Crippen MR) is 76.0 cm³/mol. The van der Waals surface area contributed by atoms with Gasteiger partial charge in [0, 0.05) is 16.6 Å². The normalized spacial score (nSPS) is 11.2. The molecule has 0 aliphatic rings. The van der Waals surface area contributed by atoms with E-state index < -0.39 is 17.5 Å². The number of hydrogen-bond donors (Lipinski definition) is 1. The summed E-state index contributed by atoms with van der Waals surface area (Å²) in [6.45, 7) is 0. The van der Waals surface area contributed by atoms with Gasteiger partial charge in [-0.3, -0.25) is 4.57 Å². The number of imidazole rings is 1. The van der Waals surface area contributed by atoms with Gasteiger partial charge in [-0.05, 0) is 46.3 Å². The van der Waals surface area contributed by atoms with Crippen molar-refractivity contribution in [2.24, 2.45) is 0 Å². The second-order valence-electron chi connectivity index (χ2n) is 4.14. The van der Waals surface area contributed by atoms with Crippen molar-refractivity contribution in [3.8, 4) is 5.69 Å². The van der Waals surface area contributed by atoms with Crippen LogP contribution >= 0.6 is 28.1 Å². The highest BCUT2D eigenvalue weighted by Gasteiger charge is 2.14. The minimum atomic E-state index is -0.752. The van der Waals surface area contributed by atoms with Gasteiger partial charge in [0.2, 0.25) is 0 Å². The predicted octanol–water partition coefficient (Wildman–Crippen LogP) is 4.87. The maximum absolute atomic E-state index is 13.7.